The van der Waals surface area contributed by atoms with Crippen LogP contribution in [0, 0.1) is 11.8 Å². The van der Waals surface area contributed by atoms with E-state index >= 15 is 0 Å². The minimum Gasteiger partial charge on any atom is -0.445 e. The number of ketones is 1. The van der Waals surface area contributed by atoms with Crippen molar-refractivity contribution < 1.29 is 77.5 Å². The highest BCUT2D eigenvalue weighted by Crippen LogP contribution is 2.37. The van der Waals surface area contributed by atoms with Gasteiger partial charge >= 0.3 is 12.2 Å². The number of fused-ring (bicyclic) bond motifs is 2. The van der Waals surface area contributed by atoms with Crippen molar-refractivity contribution in [2.24, 2.45) is 23.3 Å². The molecule has 122 heavy (non-hydrogen) atoms. The van der Waals surface area contributed by atoms with E-state index in [1.165, 1.54) is 31.6 Å². The number of hydrogen-bond donors (Lipinski definition) is 11. The van der Waals surface area contributed by atoms with Crippen LogP contribution in [-0.4, -0.2) is 189 Å². The fourth-order valence-electron chi connectivity index (χ4n) is 16.8. The molecule has 4 fully saturated rings. The zero-order chi connectivity index (χ0) is 87.0. The van der Waals surface area contributed by atoms with Crippen molar-refractivity contribution in [2.75, 3.05) is 26.2 Å². The van der Waals surface area contributed by atoms with E-state index in [-0.39, 0.29) is 76.9 Å². The van der Waals surface area contributed by atoms with Gasteiger partial charge in [-0.1, -0.05) is 196 Å². The summed E-state index contributed by atoms with van der Waals surface area (Å²) in [5.74, 6) is -6.03. The Kier molecular flexibility index (Phi) is 31.9. The lowest BCUT2D eigenvalue weighted by Gasteiger charge is -2.32. The van der Waals surface area contributed by atoms with Crippen molar-refractivity contribution in [3.63, 3.8) is 0 Å². The third-order valence-electron chi connectivity index (χ3n) is 23.3. The number of nitrogens with zero attached hydrogens (tertiary/aromatic N) is 8. The topological polar surface area (TPSA) is 459 Å². The highest BCUT2D eigenvalue weighted by Gasteiger charge is 2.48. The fourth-order valence-corrected chi connectivity index (χ4v) is 16.8. The number of hydrogen-bond acceptors (Lipinski definition) is 20. The van der Waals surface area contributed by atoms with E-state index in [4.69, 9.17) is 20.9 Å². The number of Topliss-reactive ketones (excluding diaryl/α,β-unsaturated/α-hetero) is 1. The number of benzene rings is 6. The summed E-state index contributed by atoms with van der Waals surface area (Å²) in [7, 11) is 0. The minimum atomic E-state index is -1.74. The van der Waals surface area contributed by atoms with Crippen molar-refractivity contribution in [1.29, 1.82) is 0 Å². The van der Waals surface area contributed by atoms with Crippen LogP contribution in [0.15, 0.2) is 158 Å². The second kappa shape index (κ2) is 43.0. The number of aromatic nitrogens is 6. The Hall–Kier alpha value is -12.0. The Morgan fingerprint density at radius 3 is 1.30 bits per heavy atom. The largest absolute Gasteiger partial charge is 0.445 e. The van der Waals surface area contributed by atoms with Gasteiger partial charge in [-0.25, -0.2) is 19.0 Å². The first-order valence-electron chi connectivity index (χ1n) is 42.3. The summed E-state index contributed by atoms with van der Waals surface area (Å²) in [6.45, 7) is 6.99. The minimum absolute atomic E-state index is 0.00541. The molecule has 2 aliphatic heterocycles. The van der Waals surface area contributed by atoms with E-state index in [1.54, 1.807) is 52.0 Å². The van der Waals surface area contributed by atoms with E-state index in [0.717, 1.165) is 96.9 Å². The van der Waals surface area contributed by atoms with Gasteiger partial charge in [-0.3, -0.25) is 43.2 Å². The smallest absolute Gasteiger partial charge is 0.407 e. The molecule has 12 rings (SSSR count). The van der Waals surface area contributed by atoms with Crippen LogP contribution in [0.3, 0.4) is 0 Å². The number of nitrogens with one attached hydrogen (secondary N) is 6. The van der Waals surface area contributed by atoms with Gasteiger partial charge in [0.1, 0.15) is 48.6 Å². The molecule has 2 saturated heterocycles. The lowest BCUT2D eigenvalue weighted by atomic mass is 9.84. The highest BCUT2D eigenvalue weighted by atomic mass is 16.6. The molecule has 9 atom stereocenters. The van der Waals surface area contributed by atoms with Gasteiger partial charge in [-0.05, 0) is 148 Å². The lowest BCUT2D eigenvalue weighted by Crippen LogP contribution is -2.57. The summed E-state index contributed by atoms with van der Waals surface area (Å²) < 4.78 is 13.5. The first-order chi connectivity index (χ1) is 58.6. The number of aliphatic hydroxyl groups excluding tert-OH is 1. The number of amides is 10. The van der Waals surface area contributed by atoms with Crippen molar-refractivity contribution >= 4 is 86.8 Å². The van der Waals surface area contributed by atoms with E-state index in [1.807, 2.05) is 121 Å². The molecule has 0 spiro atoms. The maximum atomic E-state index is 14.9. The standard InChI is InChI=1S/C45H58N8O8.C45H56N8O8/c2*1-45(2,60)38-26-48-51-53(38)34-25-37(42(57)49-35(39(54)40(46)55)19-11-12-22-47-44(59)61-28-30-15-7-4-8-16-30)52(27-34)43(58)36(23-29-13-5-3-6-14-29)50-41(56)33-21-20-31-17-9-10-18-32(31)24-33/h4,7-10,15-18,20-21,24,26,29,34-37,39,54,60H,3,5-6,11-14,19,22-23,25,27-28H2,1-2H3,(H2,46,55)(H,47,59)(H,49,57)(H,50,56);4,7-10,15-18,20-21,24,26,29,34-37,60H,3,5-6,11-14,19,22-23,25,27-28H2,1-2H3,(H2,46,55)(H,47,59)(H,49,57)(H,50,56)/t34-,35?,36+,37-,39?;34-,35?,36+,37-/m00/s1. The number of carbonyl (C=O) groups excluding carboxylic acids is 11. The molecule has 650 valence electrons. The van der Waals surface area contributed by atoms with Crippen LogP contribution in [0.25, 0.3) is 21.5 Å². The van der Waals surface area contributed by atoms with Crippen LogP contribution < -0.4 is 43.4 Å². The van der Waals surface area contributed by atoms with Gasteiger partial charge in [-0.15, -0.1) is 10.2 Å². The predicted octanol–water partition coefficient (Wildman–Crippen LogP) is 8.20. The number of carbonyl (C=O) groups is 11. The fraction of sp³-hybridized carbons (Fsp3) is 0.478. The molecule has 3 unspecified atom stereocenters. The first-order valence-corrected chi connectivity index (χ1v) is 42.3. The number of likely N-dealkylation sites (tertiary alicyclic amines) is 2. The third kappa shape index (κ3) is 25.1. The second-order valence-electron chi connectivity index (χ2n) is 33.4. The number of primary amides is 2. The van der Waals surface area contributed by atoms with E-state index in [0.29, 0.717) is 61.0 Å². The number of unbranched alkanes of at least 4 members (excludes halogenated alkanes) is 2. The molecule has 4 aliphatic rings. The summed E-state index contributed by atoms with van der Waals surface area (Å²) >= 11 is 0. The zero-order valence-corrected chi connectivity index (χ0v) is 69.6. The molecule has 4 heterocycles. The van der Waals surface area contributed by atoms with E-state index in [2.05, 4.69) is 52.5 Å². The van der Waals surface area contributed by atoms with Gasteiger partial charge in [0.05, 0.1) is 47.9 Å². The van der Waals surface area contributed by atoms with Crippen LogP contribution in [0.5, 0.6) is 0 Å². The summed E-state index contributed by atoms with van der Waals surface area (Å²) in [6.07, 6.45) is 12.3. The van der Waals surface area contributed by atoms with Gasteiger partial charge in [-0.2, -0.15) is 0 Å². The van der Waals surface area contributed by atoms with Gasteiger partial charge in [0.15, 0.2) is 6.10 Å². The highest BCUT2D eigenvalue weighted by molar-refractivity contribution is 6.37. The Morgan fingerprint density at radius 1 is 0.484 bits per heavy atom. The molecule has 10 amide bonds. The number of nitrogens with two attached hydrogens (primary N) is 2. The Bertz CT molecular complexity index is 4920. The van der Waals surface area contributed by atoms with Crippen molar-refractivity contribution in [3.05, 3.63) is 192 Å². The molecule has 2 aromatic heterocycles. The molecule has 13 N–H and O–H groups in total. The molecule has 32 nitrogen and oxygen atoms in total. The van der Waals surface area contributed by atoms with Crippen molar-refractivity contribution in [2.45, 2.75) is 235 Å². The van der Waals surface area contributed by atoms with Gasteiger partial charge < -0.3 is 78.0 Å². The molecule has 0 radical (unpaired) electrons. The maximum Gasteiger partial charge on any atom is 0.407 e. The monoisotopic (exact) mass is 1670 g/mol. The lowest BCUT2D eigenvalue weighted by molar-refractivity contribution is -0.142. The van der Waals surface area contributed by atoms with Crippen LogP contribution in [0.2, 0.25) is 0 Å². The van der Waals surface area contributed by atoms with Gasteiger partial charge in [0, 0.05) is 50.1 Å². The molecule has 6 aromatic carbocycles. The quantitative estimate of drug-likeness (QED) is 0.0130. The maximum absolute atomic E-state index is 14.9. The number of ether oxygens (including phenoxy) is 2. The summed E-state index contributed by atoms with van der Waals surface area (Å²) in [4.78, 5) is 151. The van der Waals surface area contributed by atoms with E-state index in [9.17, 15) is 68.1 Å². The molecule has 0 bridgehead atoms. The van der Waals surface area contributed by atoms with Gasteiger partial charge in [0.25, 0.3) is 17.7 Å². The van der Waals surface area contributed by atoms with Crippen LogP contribution in [0.4, 0.5) is 9.59 Å². The summed E-state index contributed by atoms with van der Waals surface area (Å²) in [5.41, 5.74) is 11.5. The third-order valence-corrected chi connectivity index (χ3v) is 23.3. The molecule has 32 heteroatoms. The predicted molar refractivity (Wildman–Crippen MR) is 452 cm³/mol. The van der Waals surface area contributed by atoms with Crippen molar-refractivity contribution in [3.8, 4) is 0 Å². The van der Waals surface area contributed by atoms with E-state index < -0.39 is 131 Å². The second-order valence-corrected chi connectivity index (χ2v) is 33.4. The Balaban J connectivity index is 0.000000238. The average molecular weight is 1680 g/mol. The zero-order valence-electron chi connectivity index (χ0n) is 69.6. The van der Waals surface area contributed by atoms with Crippen LogP contribution in [0.1, 0.15) is 211 Å². The SMILES string of the molecule is CC(C)(O)c1cnnn1[C@H]1C[C@@H](C(=O)NC(CCCCNC(=O)OCc2ccccc2)C(=O)C(N)=O)N(C(=O)[C@@H](CC2CCCCC2)NC(=O)c2ccc3ccccc3c2)C1.CC(C)(O)c1cnnn1[C@H]1C[C@@H](C(=O)NC(CCCCNC(=O)OCc2ccccc2)C(O)C(N)=O)N(C(=O)[C@@H](CC2CCCCC2)NC(=O)c2ccc3ccccc3c2)C1. The number of rotatable bonds is 36. The normalized spacial score (nSPS) is 18.2. The molecule has 8 aromatic rings. The number of alkyl carbamates (subject to hydrolysis) is 2. The Labute approximate surface area is 708 Å². The summed E-state index contributed by atoms with van der Waals surface area (Å²) in [5, 5.41) is 69.9. The Morgan fingerprint density at radius 2 is 0.885 bits per heavy atom. The average Bonchev–Trinajstić information content (AvgIpc) is 1.63. The molecule has 2 aliphatic carbocycles. The first kappa shape index (κ1) is 90.7. The summed E-state index contributed by atoms with van der Waals surface area (Å²) in [6, 6.07) is 36.6. The molecule has 2 saturated carbocycles. The molecular weight excluding hydrogens is 1560 g/mol. The van der Waals surface area contributed by atoms with Crippen molar-refractivity contribution in [1.82, 2.24) is 71.7 Å². The van der Waals surface area contributed by atoms with Gasteiger partial charge in [0.2, 0.25) is 35.3 Å². The molecular formula is C90H114N16O16. The van der Waals surface area contributed by atoms with Crippen LogP contribution >= 0.6 is 0 Å². The van der Waals surface area contributed by atoms with Crippen LogP contribution in [-0.2, 0) is 67.5 Å². The number of aliphatic hydroxyl groups is 3.